The molecule has 0 aromatic heterocycles. The van der Waals surface area contributed by atoms with E-state index in [0.29, 0.717) is 29.5 Å². The van der Waals surface area contributed by atoms with Crippen LogP contribution in [0, 0.1) is 19.8 Å². The zero-order valence-electron chi connectivity index (χ0n) is 18.8. The predicted molar refractivity (Wildman–Crippen MR) is 123 cm³/mol. The lowest BCUT2D eigenvalue weighted by molar-refractivity contribution is -0.120. The molecule has 2 heterocycles. The number of hydrogen-bond acceptors (Lipinski definition) is 4. The van der Waals surface area contributed by atoms with E-state index >= 15 is 0 Å². The molecular formula is C26H30N2O3. The third-order valence-electron chi connectivity index (χ3n) is 6.30. The number of carbonyl (C=O) groups excluding carboxylic acids is 2. The molecule has 0 spiro atoms. The molecule has 0 bridgehead atoms. The van der Waals surface area contributed by atoms with Gasteiger partial charge in [0.25, 0.3) is 11.8 Å². The molecule has 0 saturated carbocycles. The van der Waals surface area contributed by atoms with Gasteiger partial charge in [-0.1, -0.05) is 31.2 Å². The quantitative estimate of drug-likeness (QED) is 0.660. The van der Waals surface area contributed by atoms with Crippen LogP contribution in [0.5, 0.6) is 5.75 Å². The molecule has 5 nitrogen and oxygen atoms in total. The van der Waals surface area contributed by atoms with E-state index in [2.05, 4.69) is 11.8 Å². The van der Waals surface area contributed by atoms with E-state index in [4.69, 9.17) is 4.74 Å². The molecule has 1 unspecified atom stereocenters. The van der Waals surface area contributed by atoms with Gasteiger partial charge in [0.1, 0.15) is 11.4 Å². The SMILES string of the molecule is CCOc1ccc(C2=C(N3CCCC(C)C3)C(=O)N(c3cccc(C)c3C)C2=O)cc1. The van der Waals surface area contributed by atoms with Crippen molar-refractivity contribution in [3.8, 4) is 5.75 Å². The lowest BCUT2D eigenvalue weighted by atomic mass is 9.97. The average molecular weight is 419 g/mol. The van der Waals surface area contributed by atoms with Gasteiger partial charge in [-0.05, 0) is 74.4 Å². The summed E-state index contributed by atoms with van der Waals surface area (Å²) in [5.41, 5.74) is 4.44. The average Bonchev–Trinajstić information content (AvgIpc) is 3.01. The first-order valence-corrected chi connectivity index (χ1v) is 11.1. The highest BCUT2D eigenvalue weighted by Gasteiger charge is 2.43. The Morgan fingerprint density at radius 1 is 1.03 bits per heavy atom. The maximum absolute atomic E-state index is 13.7. The van der Waals surface area contributed by atoms with Crippen molar-refractivity contribution in [3.05, 3.63) is 64.9 Å². The second kappa shape index (κ2) is 8.58. The fraction of sp³-hybridized carbons (Fsp3) is 0.385. The molecule has 2 aliphatic rings. The molecule has 162 valence electrons. The van der Waals surface area contributed by atoms with Gasteiger partial charge in [0.15, 0.2) is 0 Å². The van der Waals surface area contributed by atoms with Crippen LogP contribution in [-0.2, 0) is 9.59 Å². The van der Waals surface area contributed by atoms with Crippen LogP contribution >= 0.6 is 0 Å². The first-order chi connectivity index (χ1) is 14.9. The fourth-order valence-corrected chi connectivity index (χ4v) is 4.55. The molecule has 1 saturated heterocycles. The van der Waals surface area contributed by atoms with Crippen molar-refractivity contribution in [2.24, 2.45) is 5.92 Å². The summed E-state index contributed by atoms with van der Waals surface area (Å²) in [6, 6.07) is 13.2. The maximum Gasteiger partial charge on any atom is 0.282 e. The van der Waals surface area contributed by atoms with Crippen LogP contribution < -0.4 is 9.64 Å². The van der Waals surface area contributed by atoms with E-state index in [9.17, 15) is 9.59 Å². The first kappa shape index (κ1) is 21.2. The van der Waals surface area contributed by atoms with Gasteiger partial charge in [-0.3, -0.25) is 9.59 Å². The number of amides is 2. The number of likely N-dealkylation sites (tertiary alicyclic amines) is 1. The highest BCUT2D eigenvalue weighted by atomic mass is 16.5. The minimum Gasteiger partial charge on any atom is -0.494 e. The van der Waals surface area contributed by atoms with E-state index in [1.54, 1.807) is 0 Å². The summed E-state index contributed by atoms with van der Waals surface area (Å²) >= 11 is 0. The number of carbonyl (C=O) groups is 2. The second-order valence-electron chi connectivity index (χ2n) is 8.54. The maximum atomic E-state index is 13.7. The predicted octanol–water partition coefficient (Wildman–Crippen LogP) is 4.72. The lowest BCUT2D eigenvalue weighted by Crippen LogP contribution is -2.39. The second-order valence-corrected chi connectivity index (χ2v) is 8.54. The fourth-order valence-electron chi connectivity index (χ4n) is 4.55. The summed E-state index contributed by atoms with van der Waals surface area (Å²) in [6.07, 6.45) is 2.16. The summed E-state index contributed by atoms with van der Waals surface area (Å²) in [5.74, 6) is 0.761. The van der Waals surface area contributed by atoms with Crippen molar-refractivity contribution in [3.63, 3.8) is 0 Å². The van der Waals surface area contributed by atoms with Crippen LogP contribution in [0.15, 0.2) is 48.2 Å². The Kier molecular flexibility index (Phi) is 5.86. The molecule has 2 amide bonds. The standard InChI is InChI=1S/C26H30N2O3/c1-5-31-21-13-11-20(12-14-21)23-24(27-15-7-8-17(2)16-27)26(30)28(25(23)29)22-10-6-9-18(3)19(22)4/h6,9-14,17H,5,7-8,15-16H2,1-4H3. The topological polar surface area (TPSA) is 49.9 Å². The van der Waals surface area contributed by atoms with Crippen LogP contribution in [0.1, 0.15) is 43.4 Å². The summed E-state index contributed by atoms with van der Waals surface area (Å²) in [7, 11) is 0. The smallest absolute Gasteiger partial charge is 0.282 e. The largest absolute Gasteiger partial charge is 0.494 e. The molecule has 31 heavy (non-hydrogen) atoms. The molecule has 5 heteroatoms. The highest BCUT2D eigenvalue weighted by molar-refractivity contribution is 6.45. The molecule has 1 atom stereocenters. The molecule has 1 fully saturated rings. The van der Waals surface area contributed by atoms with Crippen molar-refractivity contribution in [1.29, 1.82) is 0 Å². The number of ether oxygens (including phenoxy) is 1. The number of imide groups is 1. The third-order valence-corrected chi connectivity index (χ3v) is 6.30. The van der Waals surface area contributed by atoms with E-state index < -0.39 is 0 Å². The minimum absolute atomic E-state index is 0.225. The van der Waals surface area contributed by atoms with Crippen molar-refractivity contribution in [2.45, 2.75) is 40.5 Å². The first-order valence-electron chi connectivity index (χ1n) is 11.1. The van der Waals surface area contributed by atoms with Crippen molar-refractivity contribution in [2.75, 3.05) is 24.6 Å². The molecule has 2 aliphatic heterocycles. The van der Waals surface area contributed by atoms with Crippen LogP contribution in [0.3, 0.4) is 0 Å². The summed E-state index contributed by atoms with van der Waals surface area (Å²) < 4.78 is 5.56. The van der Waals surface area contributed by atoms with E-state index in [0.717, 1.165) is 48.4 Å². The normalized spacial score (nSPS) is 19.4. The number of nitrogens with zero attached hydrogens (tertiary/aromatic N) is 2. The van der Waals surface area contributed by atoms with Crippen molar-refractivity contribution >= 4 is 23.1 Å². The highest BCUT2D eigenvalue weighted by Crippen LogP contribution is 2.38. The minimum atomic E-state index is -0.254. The van der Waals surface area contributed by atoms with Crippen LogP contribution in [0.4, 0.5) is 5.69 Å². The molecule has 0 radical (unpaired) electrons. The molecule has 0 N–H and O–H groups in total. The molecule has 0 aliphatic carbocycles. The van der Waals surface area contributed by atoms with Gasteiger partial charge in [0.05, 0.1) is 17.9 Å². The van der Waals surface area contributed by atoms with E-state index in [-0.39, 0.29) is 11.8 Å². The Hall–Kier alpha value is -3.08. The van der Waals surface area contributed by atoms with Gasteiger partial charge in [-0.2, -0.15) is 0 Å². The number of anilines is 1. The van der Waals surface area contributed by atoms with E-state index in [1.807, 2.05) is 63.2 Å². The monoisotopic (exact) mass is 418 g/mol. The zero-order valence-corrected chi connectivity index (χ0v) is 18.8. The molecule has 2 aromatic rings. The van der Waals surface area contributed by atoms with Gasteiger partial charge in [-0.15, -0.1) is 0 Å². The third kappa shape index (κ3) is 3.85. The van der Waals surface area contributed by atoms with Crippen LogP contribution in [-0.4, -0.2) is 36.4 Å². The van der Waals surface area contributed by atoms with Gasteiger partial charge < -0.3 is 9.64 Å². The summed E-state index contributed by atoms with van der Waals surface area (Å²) in [6.45, 7) is 10.3. The summed E-state index contributed by atoms with van der Waals surface area (Å²) in [5, 5.41) is 0. The Bertz CT molecular complexity index is 1040. The number of rotatable bonds is 5. The molecule has 4 rings (SSSR count). The molecular weight excluding hydrogens is 388 g/mol. The number of piperidine rings is 1. The van der Waals surface area contributed by atoms with Gasteiger partial charge in [-0.25, -0.2) is 4.90 Å². The van der Waals surface area contributed by atoms with Gasteiger partial charge >= 0.3 is 0 Å². The van der Waals surface area contributed by atoms with Crippen LogP contribution in [0.25, 0.3) is 5.57 Å². The number of hydrogen-bond donors (Lipinski definition) is 0. The van der Waals surface area contributed by atoms with Crippen molar-refractivity contribution in [1.82, 2.24) is 4.90 Å². The molecule has 2 aromatic carbocycles. The number of benzene rings is 2. The van der Waals surface area contributed by atoms with Crippen molar-refractivity contribution < 1.29 is 14.3 Å². The van der Waals surface area contributed by atoms with Gasteiger partial charge in [0.2, 0.25) is 0 Å². The number of aryl methyl sites for hydroxylation is 1. The lowest BCUT2D eigenvalue weighted by Gasteiger charge is -2.33. The zero-order chi connectivity index (χ0) is 22.1. The van der Waals surface area contributed by atoms with E-state index in [1.165, 1.54) is 4.90 Å². The Balaban J connectivity index is 1.82. The van der Waals surface area contributed by atoms with Crippen LogP contribution in [0.2, 0.25) is 0 Å². The summed E-state index contributed by atoms with van der Waals surface area (Å²) in [4.78, 5) is 30.9. The Morgan fingerprint density at radius 2 is 1.77 bits per heavy atom. The Morgan fingerprint density at radius 3 is 2.45 bits per heavy atom. The Labute approximate surface area is 184 Å². The van der Waals surface area contributed by atoms with Gasteiger partial charge in [0, 0.05) is 13.1 Å².